The third-order valence-corrected chi connectivity index (χ3v) is 3.33. The van der Waals surface area contributed by atoms with Crippen LogP contribution < -0.4 is 11.1 Å². The Balaban J connectivity index is 2.04. The van der Waals surface area contributed by atoms with E-state index in [-0.39, 0.29) is 17.5 Å². The average molecular weight is 313 g/mol. The number of nitrogen functional groups attached to an aromatic ring is 1. The molecule has 0 aliphatic heterocycles. The minimum absolute atomic E-state index is 0.0208. The predicted molar refractivity (Wildman–Crippen MR) is 78.4 cm³/mol. The predicted octanol–water partition coefficient (Wildman–Crippen LogP) is 3.64. The summed E-state index contributed by atoms with van der Waals surface area (Å²) in [5, 5.41) is 3.11. The van der Waals surface area contributed by atoms with Gasteiger partial charge >= 0.3 is 0 Å². The molecule has 0 radical (unpaired) electrons. The highest BCUT2D eigenvalue weighted by Crippen LogP contribution is 2.19. The molecule has 6 heteroatoms. The maximum Gasteiger partial charge on any atom is 0.251 e. The van der Waals surface area contributed by atoms with Crippen LogP contribution in [0.2, 0.25) is 10.0 Å². The third-order valence-electron chi connectivity index (χ3n) is 2.70. The molecule has 3 nitrogen and oxygen atoms in total. The van der Waals surface area contributed by atoms with Gasteiger partial charge in [0, 0.05) is 12.1 Å². The van der Waals surface area contributed by atoms with Crippen molar-refractivity contribution in [2.45, 2.75) is 6.54 Å². The second kappa shape index (κ2) is 6.11. The number of hydrogen-bond donors (Lipinski definition) is 2. The summed E-state index contributed by atoms with van der Waals surface area (Å²) < 4.78 is 13.0. The second-order valence-electron chi connectivity index (χ2n) is 4.17. The standard InChI is InChI=1S/C14H11Cl2FN2O/c15-10-3-2-9(6-13(10)18)14(20)19-7-8-1-4-12(17)11(16)5-8/h1-6H,7,18H2,(H,19,20). The van der Waals surface area contributed by atoms with Crippen LogP contribution in [0.15, 0.2) is 36.4 Å². The van der Waals surface area contributed by atoms with Gasteiger partial charge in [-0.05, 0) is 35.9 Å². The fourth-order valence-electron chi connectivity index (χ4n) is 1.62. The molecule has 0 bridgehead atoms. The summed E-state index contributed by atoms with van der Waals surface area (Å²) in [5.74, 6) is -0.791. The molecule has 20 heavy (non-hydrogen) atoms. The largest absolute Gasteiger partial charge is 0.398 e. The molecular weight excluding hydrogens is 302 g/mol. The van der Waals surface area contributed by atoms with Crippen molar-refractivity contribution >= 4 is 34.8 Å². The molecule has 0 unspecified atom stereocenters. The molecule has 3 N–H and O–H groups in total. The molecule has 104 valence electrons. The summed E-state index contributed by atoms with van der Waals surface area (Å²) in [7, 11) is 0. The van der Waals surface area contributed by atoms with E-state index >= 15 is 0 Å². The van der Waals surface area contributed by atoms with Gasteiger partial charge in [0.25, 0.3) is 5.91 Å². The van der Waals surface area contributed by atoms with Crippen molar-refractivity contribution in [2.75, 3.05) is 5.73 Å². The summed E-state index contributed by atoms with van der Waals surface area (Å²) >= 11 is 11.4. The maximum atomic E-state index is 13.0. The summed E-state index contributed by atoms with van der Waals surface area (Å²) in [6.45, 7) is 0.237. The highest BCUT2D eigenvalue weighted by atomic mass is 35.5. The number of carbonyl (C=O) groups excluding carboxylic acids is 1. The molecule has 2 aromatic rings. The molecule has 0 aliphatic carbocycles. The van der Waals surface area contributed by atoms with Gasteiger partial charge < -0.3 is 11.1 Å². The smallest absolute Gasteiger partial charge is 0.251 e. The molecule has 0 saturated heterocycles. The first-order valence-electron chi connectivity index (χ1n) is 5.74. The zero-order valence-electron chi connectivity index (χ0n) is 10.3. The van der Waals surface area contributed by atoms with E-state index in [2.05, 4.69) is 5.32 Å². The number of carbonyl (C=O) groups is 1. The van der Waals surface area contributed by atoms with Gasteiger partial charge in [0.1, 0.15) is 5.82 Å². The molecule has 0 aliphatic rings. The molecule has 0 fully saturated rings. The zero-order valence-corrected chi connectivity index (χ0v) is 11.8. The van der Waals surface area contributed by atoms with Crippen LogP contribution in [0.1, 0.15) is 15.9 Å². The molecular formula is C14H11Cl2FN2O. The second-order valence-corrected chi connectivity index (χ2v) is 4.98. The Hall–Kier alpha value is -1.78. The molecule has 0 spiro atoms. The van der Waals surface area contributed by atoms with Gasteiger partial charge in [-0.3, -0.25) is 4.79 Å². The minimum Gasteiger partial charge on any atom is -0.398 e. The Kier molecular flexibility index (Phi) is 4.47. The molecule has 0 aromatic heterocycles. The highest BCUT2D eigenvalue weighted by Gasteiger charge is 2.08. The first-order chi connectivity index (χ1) is 9.47. The van der Waals surface area contributed by atoms with Crippen LogP contribution in [0.25, 0.3) is 0 Å². The van der Waals surface area contributed by atoms with Crippen LogP contribution in [-0.4, -0.2) is 5.91 Å². The average Bonchev–Trinajstić information content (AvgIpc) is 2.43. The van der Waals surface area contributed by atoms with Crippen molar-refractivity contribution < 1.29 is 9.18 Å². The SMILES string of the molecule is Nc1cc(C(=O)NCc2ccc(F)c(Cl)c2)ccc1Cl. The summed E-state index contributed by atoms with van der Waals surface area (Å²) in [5.41, 5.74) is 7.07. The monoisotopic (exact) mass is 312 g/mol. The van der Waals surface area contributed by atoms with Crippen LogP contribution in [0.3, 0.4) is 0 Å². The van der Waals surface area contributed by atoms with Gasteiger partial charge in [-0.25, -0.2) is 4.39 Å². The van der Waals surface area contributed by atoms with Gasteiger partial charge in [-0.2, -0.15) is 0 Å². The molecule has 0 saturated carbocycles. The minimum atomic E-state index is -0.493. The Bertz CT molecular complexity index is 662. The van der Waals surface area contributed by atoms with Crippen LogP contribution in [0.5, 0.6) is 0 Å². The molecule has 0 heterocycles. The van der Waals surface area contributed by atoms with Gasteiger partial charge in [0.15, 0.2) is 0 Å². The Morgan fingerprint density at radius 1 is 1.15 bits per heavy atom. The number of nitrogens with two attached hydrogens (primary N) is 1. The van der Waals surface area contributed by atoms with E-state index in [0.29, 0.717) is 21.8 Å². The number of hydrogen-bond acceptors (Lipinski definition) is 2. The van der Waals surface area contributed by atoms with Crippen molar-refractivity contribution in [2.24, 2.45) is 0 Å². The van der Waals surface area contributed by atoms with E-state index < -0.39 is 5.82 Å². The van der Waals surface area contributed by atoms with E-state index in [1.54, 1.807) is 18.2 Å². The van der Waals surface area contributed by atoms with Crippen LogP contribution in [-0.2, 0) is 6.54 Å². The topological polar surface area (TPSA) is 55.1 Å². The maximum absolute atomic E-state index is 13.0. The number of rotatable bonds is 3. The third kappa shape index (κ3) is 3.40. The number of amides is 1. The van der Waals surface area contributed by atoms with E-state index in [0.717, 1.165) is 0 Å². The van der Waals surface area contributed by atoms with Crippen molar-refractivity contribution in [1.82, 2.24) is 5.32 Å². The lowest BCUT2D eigenvalue weighted by Crippen LogP contribution is -2.22. The van der Waals surface area contributed by atoms with E-state index in [4.69, 9.17) is 28.9 Å². The van der Waals surface area contributed by atoms with E-state index in [1.165, 1.54) is 18.2 Å². The number of nitrogens with one attached hydrogen (secondary N) is 1. The Morgan fingerprint density at radius 2 is 1.90 bits per heavy atom. The lowest BCUT2D eigenvalue weighted by atomic mass is 10.1. The van der Waals surface area contributed by atoms with Gasteiger partial charge in [-0.15, -0.1) is 0 Å². The van der Waals surface area contributed by atoms with Crippen molar-refractivity contribution in [3.8, 4) is 0 Å². The normalized spacial score (nSPS) is 10.3. The van der Waals surface area contributed by atoms with Crippen LogP contribution in [0.4, 0.5) is 10.1 Å². The first-order valence-corrected chi connectivity index (χ1v) is 6.50. The summed E-state index contributed by atoms with van der Waals surface area (Å²) in [6, 6.07) is 8.90. The Labute approximate surface area is 125 Å². The lowest BCUT2D eigenvalue weighted by Gasteiger charge is -2.07. The highest BCUT2D eigenvalue weighted by molar-refractivity contribution is 6.33. The van der Waals surface area contributed by atoms with Gasteiger partial charge in [-0.1, -0.05) is 29.3 Å². The molecule has 1 amide bonds. The molecule has 0 atom stereocenters. The first kappa shape index (κ1) is 14.6. The number of halogens is 3. The summed E-state index contributed by atoms with van der Waals surface area (Å²) in [6.07, 6.45) is 0. The van der Waals surface area contributed by atoms with E-state index in [1.807, 2.05) is 0 Å². The van der Waals surface area contributed by atoms with Crippen molar-refractivity contribution in [1.29, 1.82) is 0 Å². The van der Waals surface area contributed by atoms with Gasteiger partial charge in [0.05, 0.1) is 15.7 Å². The van der Waals surface area contributed by atoms with Gasteiger partial charge in [0.2, 0.25) is 0 Å². The number of benzene rings is 2. The number of anilines is 1. The van der Waals surface area contributed by atoms with Crippen molar-refractivity contribution in [3.63, 3.8) is 0 Å². The fourth-order valence-corrected chi connectivity index (χ4v) is 1.94. The van der Waals surface area contributed by atoms with Crippen LogP contribution in [0, 0.1) is 5.82 Å². The zero-order chi connectivity index (χ0) is 14.7. The summed E-state index contributed by atoms with van der Waals surface area (Å²) in [4.78, 5) is 11.9. The molecule has 2 rings (SSSR count). The van der Waals surface area contributed by atoms with Crippen LogP contribution >= 0.6 is 23.2 Å². The molecule has 2 aromatic carbocycles. The van der Waals surface area contributed by atoms with E-state index in [9.17, 15) is 9.18 Å². The fraction of sp³-hybridized carbons (Fsp3) is 0.0714. The quantitative estimate of drug-likeness (QED) is 0.850. The Morgan fingerprint density at radius 3 is 2.55 bits per heavy atom. The van der Waals surface area contributed by atoms with Crippen molar-refractivity contribution in [3.05, 3.63) is 63.4 Å². The lowest BCUT2D eigenvalue weighted by molar-refractivity contribution is 0.0951.